The van der Waals surface area contributed by atoms with Crippen LogP contribution in [0, 0.1) is 0 Å². The molecule has 1 amide bonds. The van der Waals surface area contributed by atoms with Crippen LogP contribution in [0.1, 0.15) is 39.2 Å². The van der Waals surface area contributed by atoms with Gasteiger partial charge in [0.25, 0.3) is 0 Å². The van der Waals surface area contributed by atoms with Gasteiger partial charge < -0.3 is 4.74 Å². The van der Waals surface area contributed by atoms with Crippen LogP contribution in [-0.4, -0.2) is 26.9 Å². The number of nitrogens with zero attached hydrogens (tertiary/aromatic N) is 1. The lowest BCUT2D eigenvalue weighted by Gasteiger charge is -2.21. The number of sulfonamides is 1. The van der Waals surface area contributed by atoms with E-state index in [9.17, 15) is 13.2 Å². The minimum Gasteiger partial charge on any atom is -0.448 e. The van der Waals surface area contributed by atoms with Gasteiger partial charge in [-0.15, -0.1) is 0 Å². The summed E-state index contributed by atoms with van der Waals surface area (Å²) in [6, 6.07) is 6.96. The molecular formula is C15H23NO4S. The monoisotopic (exact) mass is 313 g/mol. The molecule has 21 heavy (non-hydrogen) atoms. The Morgan fingerprint density at radius 1 is 1.10 bits per heavy atom. The van der Waals surface area contributed by atoms with E-state index in [1.807, 2.05) is 19.1 Å². The molecule has 0 N–H and O–H groups in total. The number of ether oxygens (including phenoxy) is 1. The first kappa shape index (κ1) is 17.5. The van der Waals surface area contributed by atoms with Crippen molar-refractivity contribution in [2.45, 2.75) is 40.0 Å². The molecule has 0 atom stereocenters. The van der Waals surface area contributed by atoms with Crippen LogP contribution in [0.2, 0.25) is 0 Å². The van der Waals surface area contributed by atoms with E-state index in [4.69, 9.17) is 4.74 Å². The number of anilines is 1. The van der Waals surface area contributed by atoms with Gasteiger partial charge in [0, 0.05) is 0 Å². The highest BCUT2D eigenvalue weighted by atomic mass is 32.2. The third-order valence-corrected chi connectivity index (χ3v) is 4.59. The first-order valence-corrected chi connectivity index (χ1v) is 8.85. The standard InChI is InChI=1S/C15H23NO4S/c1-4-7-13-8-10-14(11-9-13)16(21(18,19)6-3)15(17)20-12-5-2/h8-11H,4-7,12H2,1-3H3. The summed E-state index contributed by atoms with van der Waals surface area (Å²) >= 11 is 0. The second-order valence-corrected chi connectivity index (χ2v) is 6.80. The second-order valence-electron chi connectivity index (χ2n) is 4.70. The molecule has 118 valence electrons. The van der Waals surface area contributed by atoms with Crippen molar-refractivity contribution in [3.8, 4) is 0 Å². The average molecular weight is 313 g/mol. The summed E-state index contributed by atoms with van der Waals surface area (Å²) in [5, 5.41) is 0. The summed E-state index contributed by atoms with van der Waals surface area (Å²) in [5.74, 6) is -0.162. The van der Waals surface area contributed by atoms with Crippen LogP contribution in [0.3, 0.4) is 0 Å². The minimum absolute atomic E-state index is 0.162. The average Bonchev–Trinajstić information content (AvgIpc) is 2.47. The SMILES string of the molecule is CCCOC(=O)N(c1ccc(CCC)cc1)S(=O)(=O)CC. The second kappa shape index (κ2) is 8.02. The summed E-state index contributed by atoms with van der Waals surface area (Å²) in [6.45, 7) is 5.62. The maximum absolute atomic E-state index is 12.1. The number of amides is 1. The molecule has 1 rings (SSSR count). The molecule has 1 aromatic carbocycles. The van der Waals surface area contributed by atoms with Crippen LogP contribution >= 0.6 is 0 Å². The van der Waals surface area contributed by atoms with Gasteiger partial charge in [-0.25, -0.2) is 13.2 Å². The molecule has 1 aromatic rings. The normalized spacial score (nSPS) is 11.2. The fraction of sp³-hybridized carbons (Fsp3) is 0.533. The van der Waals surface area contributed by atoms with E-state index < -0.39 is 16.1 Å². The maximum Gasteiger partial charge on any atom is 0.428 e. The Morgan fingerprint density at radius 2 is 1.71 bits per heavy atom. The molecule has 0 aliphatic heterocycles. The van der Waals surface area contributed by atoms with Gasteiger partial charge in [0.1, 0.15) is 0 Å². The lowest BCUT2D eigenvalue weighted by Crippen LogP contribution is -2.38. The number of benzene rings is 1. The molecular weight excluding hydrogens is 290 g/mol. The first-order valence-electron chi connectivity index (χ1n) is 7.24. The van der Waals surface area contributed by atoms with E-state index in [0.717, 1.165) is 22.7 Å². The van der Waals surface area contributed by atoms with Crippen molar-refractivity contribution >= 4 is 21.8 Å². The zero-order chi connectivity index (χ0) is 15.9. The van der Waals surface area contributed by atoms with Gasteiger partial charge >= 0.3 is 6.09 Å². The first-order chi connectivity index (χ1) is 9.96. The summed E-state index contributed by atoms with van der Waals surface area (Å²) in [5.41, 5.74) is 1.43. The molecule has 5 nitrogen and oxygen atoms in total. The molecule has 0 heterocycles. The van der Waals surface area contributed by atoms with Crippen molar-refractivity contribution in [3.05, 3.63) is 29.8 Å². The van der Waals surface area contributed by atoms with Gasteiger partial charge in [-0.2, -0.15) is 4.31 Å². The smallest absolute Gasteiger partial charge is 0.428 e. The summed E-state index contributed by atoms with van der Waals surface area (Å²) in [7, 11) is -3.71. The predicted molar refractivity (Wildman–Crippen MR) is 84.0 cm³/mol. The third kappa shape index (κ3) is 4.74. The largest absolute Gasteiger partial charge is 0.448 e. The molecule has 0 bridgehead atoms. The van der Waals surface area contributed by atoms with Crippen molar-refractivity contribution in [1.29, 1.82) is 0 Å². The Kier molecular flexibility index (Phi) is 6.68. The Hall–Kier alpha value is -1.56. The van der Waals surface area contributed by atoms with Crippen molar-refractivity contribution in [3.63, 3.8) is 0 Å². The fourth-order valence-electron chi connectivity index (χ4n) is 1.84. The molecule has 0 spiro atoms. The Bertz CT molecular complexity index is 552. The van der Waals surface area contributed by atoms with Crippen LogP contribution in [0.5, 0.6) is 0 Å². The molecule has 0 fully saturated rings. The van der Waals surface area contributed by atoms with E-state index >= 15 is 0 Å². The zero-order valence-corrected chi connectivity index (χ0v) is 13.6. The summed E-state index contributed by atoms with van der Waals surface area (Å²) in [4.78, 5) is 12.0. The van der Waals surface area contributed by atoms with Crippen molar-refractivity contribution in [2.24, 2.45) is 0 Å². The molecule has 0 aromatic heterocycles. The van der Waals surface area contributed by atoms with E-state index in [0.29, 0.717) is 12.1 Å². The number of rotatable bonds is 7. The zero-order valence-electron chi connectivity index (χ0n) is 12.8. The number of hydrogen-bond donors (Lipinski definition) is 0. The number of carbonyl (C=O) groups is 1. The molecule has 0 aliphatic carbocycles. The van der Waals surface area contributed by atoms with E-state index in [-0.39, 0.29) is 12.4 Å². The molecule has 0 saturated heterocycles. The number of aryl methyl sites for hydroxylation is 1. The van der Waals surface area contributed by atoms with Crippen LogP contribution in [-0.2, 0) is 21.2 Å². The molecule has 0 unspecified atom stereocenters. The lowest BCUT2D eigenvalue weighted by molar-refractivity contribution is 0.158. The summed E-state index contributed by atoms with van der Waals surface area (Å²) < 4.78 is 30.0. The Labute approximate surface area is 127 Å². The van der Waals surface area contributed by atoms with Crippen molar-refractivity contribution in [2.75, 3.05) is 16.7 Å². The van der Waals surface area contributed by atoms with Crippen LogP contribution in [0.4, 0.5) is 10.5 Å². The lowest BCUT2D eigenvalue weighted by atomic mass is 10.1. The van der Waals surface area contributed by atoms with Gasteiger partial charge in [-0.1, -0.05) is 32.4 Å². The number of hydrogen-bond acceptors (Lipinski definition) is 4. The van der Waals surface area contributed by atoms with Gasteiger partial charge in [0.2, 0.25) is 10.0 Å². The van der Waals surface area contributed by atoms with Gasteiger partial charge in [0.05, 0.1) is 18.0 Å². The highest BCUT2D eigenvalue weighted by Gasteiger charge is 2.29. The highest BCUT2D eigenvalue weighted by molar-refractivity contribution is 7.93. The van der Waals surface area contributed by atoms with Crippen LogP contribution in [0.25, 0.3) is 0 Å². The fourth-order valence-corrected chi connectivity index (χ4v) is 2.82. The van der Waals surface area contributed by atoms with E-state index in [1.54, 1.807) is 12.1 Å². The van der Waals surface area contributed by atoms with Gasteiger partial charge in [-0.3, -0.25) is 0 Å². The van der Waals surface area contributed by atoms with Crippen LogP contribution in [0.15, 0.2) is 24.3 Å². The highest BCUT2D eigenvalue weighted by Crippen LogP contribution is 2.21. The molecule has 0 aliphatic rings. The third-order valence-electron chi connectivity index (χ3n) is 2.95. The quantitative estimate of drug-likeness (QED) is 0.774. The van der Waals surface area contributed by atoms with E-state index in [2.05, 4.69) is 6.92 Å². The Morgan fingerprint density at radius 3 is 2.19 bits per heavy atom. The predicted octanol–water partition coefficient (Wildman–Crippen LogP) is 3.34. The molecule has 6 heteroatoms. The van der Waals surface area contributed by atoms with E-state index in [1.165, 1.54) is 6.92 Å². The van der Waals surface area contributed by atoms with Crippen molar-refractivity contribution < 1.29 is 17.9 Å². The molecule has 0 saturated carbocycles. The van der Waals surface area contributed by atoms with Gasteiger partial charge in [-0.05, 0) is 37.5 Å². The molecule has 0 radical (unpaired) electrons. The topological polar surface area (TPSA) is 63.7 Å². The minimum atomic E-state index is -3.71. The van der Waals surface area contributed by atoms with Crippen LogP contribution < -0.4 is 4.31 Å². The Balaban J connectivity index is 3.09. The summed E-state index contributed by atoms with van der Waals surface area (Å²) in [6.07, 6.45) is 1.72. The maximum atomic E-state index is 12.1. The van der Waals surface area contributed by atoms with Gasteiger partial charge in [0.15, 0.2) is 0 Å². The number of carbonyl (C=O) groups excluding carboxylic acids is 1. The van der Waals surface area contributed by atoms with Crippen molar-refractivity contribution in [1.82, 2.24) is 0 Å².